The van der Waals surface area contributed by atoms with Crippen LogP contribution < -0.4 is 4.90 Å². The van der Waals surface area contributed by atoms with Gasteiger partial charge in [-0.2, -0.15) is 30.6 Å². The molecule has 3 aromatic rings. The Bertz CT molecular complexity index is 1330. The van der Waals surface area contributed by atoms with Crippen LogP contribution in [0.15, 0.2) is 70.3 Å². The van der Waals surface area contributed by atoms with Gasteiger partial charge in [-0.3, -0.25) is 0 Å². The summed E-state index contributed by atoms with van der Waals surface area (Å²) in [6.07, 6.45) is -11.7. The van der Waals surface area contributed by atoms with E-state index in [0.717, 1.165) is 29.0 Å². The molecular formula is C24H22F6N2O4S2. The van der Waals surface area contributed by atoms with Gasteiger partial charge in [0.1, 0.15) is 9.96 Å². The van der Waals surface area contributed by atoms with Crippen molar-refractivity contribution >= 4 is 27.0 Å². The number of aliphatic hydroxyl groups is 1. The number of sulfonamides is 1. The van der Waals surface area contributed by atoms with Crippen LogP contribution in [0, 0.1) is 0 Å². The van der Waals surface area contributed by atoms with Gasteiger partial charge in [0.2, 0.25) is 0 Å². The molecule has 0 spiro atoms. The summed E-state index contributed by atoms with van der Waals surface area (Å²) in [6, 6.07) is 11.9. The number of halogens is 6. The summed E-state index contributed by atoms with van der Waals surface area (Å²) in [5, 5.41) is 20.9. The number of hydrogen-bond donors (Lipinski definition) is 2. The first-order chi connectivity index (χ1) is 17.6. The number of phenols is 1. The van der Waals surface area contributed by atoms with Crippen molar-refractivity contribution in [3.8, 4) is 5.75 Å². The highest BCUT2D eigenvalue weighted by atomic mass is 32.2. The van der Waals surface area contributed by atoms with Gasteiger partial charge in [0.15, 0.2) is 0 Å². The van der Waals surface area contributed by atoms with Gasteiger partial charge in [-0.05, 0) is 47.7 Å². The minimum Gasteiger partial charge on any atom is -0.508 e. The van der Waals surface area contributed by atoms with E-state index in [2.05, 4.69) is 0 Å². The molecule has 1 atom stereocenters. The summed E-state index contributed by atoms with van der Waals surface area (Å²) in [4.78, 5) is 1.71. The molecule has 0 aliphatic carbocycles. The molecule has 206 valence electrons. The zero-order valence-corrected chi connectivity index (χ0v) is 21.1. The van der Waals surface area contributed by atoms with Crippen molar-refractivity contribution in [3.05, 3.63) is 77.2 Å². The normalized spacial score (nSPS) is 18.1. The van der Waals surface area contributed by atoms with E-state index in [4.69, 9.17) is 0 Å². The Hall–Kier alpha value is -2.81. The van der Waals surface area contributed by atoms with Gasteiger partial charge in [-0.1, -0.05) is 30.3 Å². The predicted octanol–water partition coefficient (Wildman–Crippen LogP) is 4.89. The standard InChI is InChI=1S/C24H22F6N2O4S2/c25-23(26,27)22(34,24(28,29)30)17-5-7-18(8-6-17)32-12-11-31(38(35,36)21-2-1-13-37-21)15-19(32)14-16-3-9-20(33)10-4-16/h1-10,13,19,33-34H,11-12,14-15H2/t19-/m1/s1. The average molecular weight is 581 g/mol. The fraction of sp³-hybridized carbons (Fsp3) is 0.333. The van der Waals surface area contributed by atoms with Gasteiger partial charge in [-0.25, -0.2) is 8.42 Å². The van der Waals surface area contributed by atoms with Gasteiger partial charge in [-0.15, -0.1) is 11.3 Å². The Morgan fingerprint density at radius 3 is 2.03 bits per heavy atom. The Labute approximate surface area is 218 Å². The van der Waals surface area contributed by atoms with Gasteiger partial charge >= 0.3 is 12.4 Å². The topological polar surface area (TPSA) is 81.1 Å². The van der Waals surface area contributed by atoms with E-state index in [1.807, 2.05) is 0 Å². The number of anilines is 1. The molecule has 0 radical (unpaired) electrons. The first kappa shape index (κ1) is 28.2. The van der Waals surface area contributed by atoms with Crippen molar-refractivity contribution in [2.24, 2.45) is 0 Å². The van der Waals surface area contributed by atoms with Crippen molar-refractivity contribution < 1.29 is 45.0 Å². The van der Waals surface area contributed by atoms with Gasteiger partial charge < -0.3 is 15.1 Å². The van der Waals surface area contributed by atoms with Crippen LogP contribution in [0.25, 0.3) is 0 Å². The minimum atomic E-state index is -6.00. The van der Waals surface area contributed by atoms with E-state index in [1.54, 1.807) is 28.5 Å². The maximum atomic E-state index is 13.3. The summed E-state index contributed by atoms with van der Waals surface area (Å²) < 4.78 is 107. The molecule has 4 rings (SSSR count). The number of rotatable bonds is 6. The summed E-state index contributed by atoms with van der Waals surface area (Å²) in [5.41, 5.74) is -5.43. The van der Waals surface area contributed by atoms with Crippen LogP contribution in [-0.2, 0) is 22.0 Å². The molecule has 0 amide bonds. The highest BCUT2D eigenvalue weighted by molar-refractivity contribution is 7.91. The van der Waals surface area contributed by atoms with Crippen LogP contribution in [0.1, 0.15) is 11.1 Å². The monoisotopic (exact) mass is 580 g/mol. The Morgan fingerprint density at radius 1 is 0.895 bits per heavy atom. The highest BCUT2D eigenvalue weighted by Crippen LogP contribution is 2.50. The van der Waals surface area contributed by atoms with Crippen molar-refractivity contribution in [1.82, 2.24) is 4.31 Å². The summed E-state index contributed by atoms with van der Waals surface area (Å²) >= 11 is 1.06. The summed E-state index contributed by atoms with van der Waals surface area (Å²) in [7, 11) is -3.81. The first-order valence-corrected chi connectivity index (χ1v) is 13.5. The molecule has 2 heterocycles. The number of thiophene rings is 1. The third kappa shape index (κ3) is 5.22. The third-order valence-corrected chi connectivity index (χ3v) is 9.62. The van der Waals surface area contributed by atoms with Crippen LogP contribution in [0.4, 0.5) is 32.0 Å². The number of hydrogen-bond acceptors (Lipinski definition) is 6. The van der Waals surface area contributed by atoms with E-state index >= 15 is 0 Å². The molecule has 1 aromatic heterocycles. The van der Waals surface area contributed by atoms with Crippen molar-refractivity contribution in [3.63, 3.8) is 0 Å². The molecule has 2 N–H and O–H groups in total. The lowest BCUT2D eigenvalue weighted by atomic mass is 9.92. The van der Waals surface area contributed by atoms with E-state index < -0.39 is 39.6 Å². The zero-order chi connectivity index (χ0) is 27.9. The molecule has 1 fully saturated rings. The summed E-state index contributed by atoms with van der Waals surface area (Å²) in [5.74, 6) is 0.0218. The molecule has 6 nitrogen and oxygen atoms in total. The lowest BCUT2D eigenvalue weighted by Crippen LogP contribution is -2.55. The average Bonchev–Trinajstić information content (AvgIpc) is 3.40. The fourth-order valence-electron chi connectivity index (χ4n) is 4.38. The van der Waals surface area contributed by atoms with Crippen LogP contribution in [0.2, 0.25) is 0 Å². The Kier molecular flexibility index (Phi) is 7.47. The van der Waals surface area contributed by atoms with Gasteiger partial charge in [0, 0.05) is 36.9 Å². The number of piperazine rings is 1. The number of phenolic OH excluding ortho intramolecular Hbond substituents is 1. The largest absolute Gasteiger partial charge is 0.508 e. The maximum absolute atomic E-state index is 13.3. The van der Waals surface area contributed by atoms with Crippen LogP contribution >= 0.6 is 11.3 Å². The SMILES string of the molecule is O=S(=O)(c1cccs1)N1CCN(c2ccc(C(O)(C(F)(F)F)C(F)(F)F)cc2)[C@H](Cc2ccc(O)cc2)C1. The third-order valence-electron chi connectivity index (χ3n) is 6.38. The molecular weight excluding hydrogens is 558 g/mol. The smallest absolute Gasteiger partial charge is 0.430 e. The number of alkyl halides is 6. The first-order valence-electron chi connectivity index (χ1n) is 11.2. The molecule has 1 saturated heterocycles. The molecule has 2 aromatic carbocycles. The van der Waals surface area contributed by atoms with Crippen LogP contribution in [-0.4, -0.2) is 61.0 Å². The number of benzene rings is 2. The second kappa shape index (κ2) is 10.1. The van der Waals surface area contributed by atoms with E-state index in [0.29, 0.717) is 12.1 Å². The summed E-state index contributed by atoms with van der Waals surface area (Å²) in [6.45, 7) is 0.135. The highest BCUT2D eigenvalue weighted by Gasteiger charge is 2.71. The molecule has 0 saturated carbocycles. The number of nitrogens with zero attached hydrogens (tertiary/aromatic N) is 2. The Balaban J connectivity index is 1.67. The second-order valence-electron chi connectivity index (χ2n) is 8.77. The Morgan fingerprint density at radius 2 is 1.50 bits per heavy atom. The lowest BCUT2D eigenvalue weighted by Gasteiger charge is -2.42. The molecule has 14 heteroatoms. The fourth-order valence-corrected chi connectivity index (χ4v) is 7.00. The van der Waals surface area contributed by atoms with Gasteiger partial charge in [0.25, 0.3) is 15.6 Å². The van der Waals surface area contributed by atoms with E-state index in [1.165, 1.54) is 22.5 Å². The van der Waals surface area contributed by atoms with Crippen molar-refractivity contribution in [1.29, 1.82) is 0 Å². The van der Waals surface area contributed by atoms with Crippen molar-refractivity contribution in [2.75, 3.05) is 24.5 Å². The van der Waals surface area contributed by atoms with Crippen molar-refractivity contribution in [2.45, 2.75) is 34.6 Å². The lowest BCUT2D eigenvalue weighted by molar-refractivity contribution is -0.376. The van der Waals surface area contributed by atoms with Crippen LogP contribution in [0.5, 0.6) is 5.75 Å². The molecule has 0 bridgehead atoms. The quantitative estimate of drug-likeness (QED) is 0.406. The maximum Gasteiger partial charge on any atom is 0.430 e. The van der Waals surface area contributed by atoms with E-state index in [-0.39, 0.29) is 41.7 Å². The zero-order valence-electron chi connectivity index (χ0n) is 19.4. The molecule has 1 aliphatic heterocycles. The van der Waals surface area contributed by atoms with E-state index in [9.17, 15) is 45.0 Å². The molecule has 0 unspecified atom stereocenters. The second-order valence-corrected chi connectivity index (χ2v) is 11.9. The van der Waals surface area contributed by atoms with Gasteiger partial charge in [0.05, 0.1) is 0 Å². The van der Waals surface area contributed by atoms with Crippen LogP contribution in [0.3, 0.4) is 0 Å². The molecule has 1 aliphatic rings. The number of aromatic hydroxyl groups is 1. The predicted molar refractivity (Wildman–Crippen MR) is 128 cm³/mol. The minimum absolute atomic E-state index is 0.00208. The molecule has 38 heavy (non-hydrogen) atoms.